The van der Waals surface area contributed by atoms with E-state index in [4.69, 9.17) is 4.42 Å². The van der Waals surface area contributed by atoms with Crippen LogP contribution in [0.4, 0.5) is 0 Å². The summed E-state index contributed by atoms with van der Waals surface area (Å²) in [5.74, 6) is 0.757. The van der Waals surface area contributed by atoms with Crippen molar-refractivity contribution in [1.29, 1.82) is 0 Å². The molecular formula is C9H12O2. The number of rotatable bonds is 1. The highest BCUT2D eigenvalue weighted by atomic mass is 16.3. The summed E-state index contributed by atoms with van der Waals surface area (Å²) < 4.78 is 5.19. The predicted octanol–water partition coefficient (Wildman–Crippen LogP) is 2.39. The number of hydrogen-bond donors (Lipinski definition) is 0. The molecule has 1 aromatic heterocycles. The van der Waals surface area contributed by atoms with E-state index in [-0.39, 0.29) is 5.41 Å². The summed E-state index contributed by atoms with van der Waals surface area (Å²) in [5.41, 5.74) is 0.567. The number of carbonyl (C=O) groups is 1. The zero-order chi connectivity index (χ0) is 8.48. The molecule has 1 rings (SSSR count). The Bertz CT molecular complexity index is 253. The third-order valence-electron chi connectivity index (χ3n) is 1.50. The maximum atomic E-state index is 10.5. The van der Waals surface area contributed by atoms with Gasteiger partial charge < -0.3 is 4.42 Å². The van der Waals surface area contributed by atoms with Gasteiger partial charge in [0.15, 0.2) is 6.29 Å². The average molecular weight is 152 g/mol. The van der Waals surface area contributed by atoms with Gasteiger partial charge in [0.25, 0.3) is 0 Å². The van der Waals surface area contributed by atoms with Crippen LogP contribution in [0.5, 0.6) is 0 Å². The summed E-state index contributed by atoms with van der Waals surface area (Å²) >= 11 is 0. The van der Waals surface area contributed by atoms with E-state index in [0.717, 1.165) is 12.0 Å². The van der Waals surface area contributed by atoms with Crippen molar-refractivity contribution < 1.29 is 9.21 Å². The lowest BCUT2D eigenvalue weighted by atomic mass is 9.91. The van der Waals surface area contributed by atoms with Crippen molar-refractivity contribution in [3.8, 4) is 0 Å². The summed E-state index contributed by atoms with van der Waals surface area (Å²) in [6, 6.07) is 1.69. The van der Waals surface area contributed by atoms with Crippen molar-refractivity contribution in [3.63, 3.8) is 0 Å². The zero-order valence-corrected chi connectivity index (χ0v) is 7.05. The van der Waals surface area contributed by atoms with Gasteiger partial charge in [-0.3, -0.25) is 4.79 Å². The van der Waals surface area contributed by atoms with E-state index in [1.807, 2.05) is 20.8 Å². The van der Waals surface area contributed by atoms with E-state index in [1.165, 1.54) is 0 Å². The van der Waals surface area contributed by atoms with Crippen molar-refractivity contribution in [3.05, 3.63) is 23.7 Å². The first kappa shape index (κ1) is 8.05. The fourth-order valence-electron chi connectivity index (χ4n) is 1.02. The molecule has 0 saturated carbocycles. The van der Waals surface area contributed by atoms with Crippen molar-refractivity contribution in [2.75, 3.05) is 0 Å². The molecule has 0 aliphatic rings. The van der Waals surface area contributed by atoms with Gasteiger partial charge in [0.2, 0.25) is 0 Å². The second-order valence-electron chi connectivity index (χ2n) is 3.57. The third kappa shape index (κ3) is 1.50. The van der Waals surface area contributed by atoms with Gasteiger partial charge in [0.05, 0.1) is 11.8 Å². The smallest absolute Gasteiger partial charge is 0.153 e. The molecule has 0 fully saturated rings. The van der Waals surface area contributed by atoms with Crippen LogP contribution in [0.1, 0.15) is 36.9 Å². The Balaban J connectivity index is 3.12. The lowest BCUT2D eigenvalue weighted by Gasteiger charge is -2.15. The molecule has 1 aromatic rings. The number of furan rings is 1. The van der Waals surface area contributed by atoms with E-state index in [9.17, 15) is 4.79 Å². The van der Waals surface area contributed by atoms with Gasteiger partial charge in [0, 0.05) is 5.41 Å². The highest BCUT2D eigenvalue weighted by Crippen LogP contribution is 2.25. The molecule has 0 spiro atoms. The molecule has 0 aliphatic carbocycles. The standard InChI is InChI=1S/C9H12O2/c1-9(2,3)8-7(6-10)4-5-11-8/h4-6H,1-3H3. The molecular weight excluding hydrogens is 140 g/mol. The summed E-state index contributed by atoms with van der Waals surface area (Å²) in [6.45, 7) is 6.04. The summed E-state index contributed by atoms with van der Waals surface area (Å²) in [5, 5.41) is 0. The molecule has 0 aromatic carbocycles. The molecule has 0 unspecified atom stereocenters. The van der Waals surface area contributed by atoms with Gasteiger partial charge in [-0.05, 0) is 6.07 Å². The minimum Gasteiger partial charge on any atom is -0.468 e. The van der Waals surface area contributed by atoms with E-state index < -0.39 is 0 Å². The van der Waals surface area contributed by atoms with E-state index in [0.29, 0.717) is 5.56 Å². The molecule has 0 aliphatic heterocycles. The van der Waals surface area contributed by atoms with Crippen molar-refractivity contribution in [1.82, 2.24) is 0 Å². The third-order valence-corrected chi connectivity index (χ3v) is 1.50. The molecule has 2 nitrogen and oxygen atoms in total. The second-order valence-corrected chi connectivity index (χ2v) is 3.57. The Hall–Kier alpha value is -1.05. The average Bonchev–Trinajstić information content (AvgIpc) is 2.31. The number of aldehydes is 1. The topological polar surface area (TPSA) is 30.2 Å². The van der Waals surface area contributed by atoms with Crippen LogP contribution >= 0.6 is 0 Å². The number of carbonyl (C=O) groups excluding carboxylic acids is 1. The maximum Gasteiger partial charge on any atom is 0.153 e. The molecule has 0 radical (unpaired) electrons. The van der Waals surface area contributed by atoms with Crippen LogP contribution in [0.3, 0.4) is 0 Å². The SMILES string of the molecule is CC(C)(C)c1occc1C=O. The van der Waals surface area contributed by atoms with Gasteiger partial charge in [-0.2, -0.15) is 0 Å². The minimum absolute atomic E-state index is 0.0836. The first-order chi connectivity index (χ1) is 5.05. The monoisotopic (exact) mass is 152 g/mol. The number of hydrogen-bond acceptors (Lipinski definition) is 2. The summed E-state index contributed by atoms with van der Waals surface area (Å²) in [4.78, 5) is 10.5. The quantitative estimate of drug-likeness (QED) is 0.578. The first-order valence-corrected chi connectivity index (χ1v) is 3.59. The molecule has 0 saturated heterocycles. The van der Waals surface area contributed by atoms with Crippen LogP contribution in [-0.4, -0.2) is 6.29 Å². The van der Waals surface area contributed by atoms with Crippen LogP contribution in [0, 0.1) is 0 Å². The highest BCUT2D eigenvalue weighted by molar-refractivity contribution is 5.76. The lowest BCUT2D eigenvalue weighted by molar-refractivity contribution is 0.112. The van der Waals surface area contributed by atoms with Crippen molar-refractivity contribution >= 4 is 6.29 Å². The molecule has 60 valence electrons. The van der Waals surface area contributed by atoms with Crippen LogP contribution in [-0.2, 0) is 5.41 Å². The van der Waals surface area contributed by atoms with E-state index >= 15 is 0 Å². The summed E-state index contributed by atoms with van der Waals surface area (Å²) in [6.07, 6.45) is 2.37. The van der Waals surface area contributed by atoms with Gasteiger partial charge in [-0.25, -0.2) is 0 Å². The largest absolute Gasteiger partial charge is 0.468 e. The Morgan fingerprint density at radius 3 is 2.45 bits per heavy atom. The molecule has 1 heterocycles. The fraction of sp³-hybridized carbons (Fsp3) is 0.444. The van der Waals surface area contributed by atoms with E-state index in [2.05, 4.69) is 0 Å². The van der Waals surface area contributed by atoms with Gasteiger partial charge in [0.1, 0.15) is 5.76 Å². The van der Waals surface area contributed by atoms with Gasteiger partial charge >= 0.3 is 0 Å². The second kappa shape index (κ2) is 2.53. The normalized spacial score (nSPS) is 11.5. The predicted molar refractivity (Wildman–Crippen MR) is 42.8 cm³/mol. The summed E-state index contributed by atoms with van der Waals surface area (Å²) in [7, 11) is 0. The van der Waals surface area contributed by atoms with Crippen LogP contribution in [0.2, 0.25) is 0 Å². The Kier molecular flexibility index (Phi) is 1.85. The zero-order valence-electron chi connectivity index (χ0n) is 7.05. The molecule has 0 bridgehead atoms. The Morgan fingerprint density at radius 2 is 2.09 bits per heavy atom. The van der Waals surface area contributed by atoms with Crippen LogP contribution < -0.4 is 0 Å². The maximum absolute atomic E-state index is 10.5. The molecule has 11 heavy (non-hydrogen) atoms. The Labute approximate surface area is 66.2 Å². The van der Waals surface area contributed by atoms with Crippen molar-refractivity contribution in [2.45, 2.75) is 26.2 Å². The minimum atomic E-state index is -0.0836. The van der Waals surface area contributed by atoms with E-state index in [1.54, 1.807) is 12.3 Å². The van der Waals surface area contributed by atoms with Gasteiger partial charge in [-0.15, -0.1) is 0 Å². The van der Waals surface area contributed by atoms with Crippen LogP contribution in [0.25, 0.3) is 0 Å². The molecule has 2 heteroatoms. The molecule has 0 N–H and O–H groups in total. The highest BCUT2D eigenvalue weighted by Gasteiger charge is 2.20. The fourth-order valence-corrected chi connectivity index (χ4v) is 1.02. The molecule has 0 atom stereocenters. The van der Waals surface area contributed by atoms with Crippen LogP contribution in [0.15, 0.2) is 16.7 Å². The van der Waals surface area contributed by atoms with Crippen molar-refractivity contribution in [2.24, 2.45) is 0 Å². The first-order valence-electron chi connectivity index (χ1n) is 3.59. The molecule has 0 amide bonds. The lowest BCUT2D eigenvalue weighted by Crippen LogP contribution is -2.11. The van der Waals surface area contributed by atoms with Gasteiger partial charge in [-0.1, -0.05) is 20.8 Å². The Morgan fingerprint density at radius 1 is 1.45 bits per heavy atom.